The van der Waals surface area contributed by atoms with Gasteiger partial charge in [-0.25, -0.2) is 9.69 Å². The molecule has 0 saturated carbocycles. The van der Waals surface area contributed by atoms with E-state index < -0.39 is 41.6 Å². The second kappa shape index (κ2) is 7.39. The van der Waals surface area contributed by atoms with E-state index in [2.05, 4.69) is 6.58 Å². The normalized spacial score (nSPS) is 25.0. The van der Waals surface area contributed by atoms with E-state index in [1.165, 1.54) is 7.11 Å². The Labute approximate surface area is 164 Å². The lowest BCUT2D eigenvalue weighted by Gasteiger charge is -2.41. The number of piperazine rings is 1. The number of likely N-dealkylation sites (tertiary alicyclic amines) is 1. The lowest BCUT2D eigenvalue weighted by Crippen LogP contribution is -2.58. The molecule has 3 rings (SSSR count). The number of imide groups is 1. The number of benzene rings is 1. The molecule has 0 unspecified atom stereocenters. The average Bonchev–Trinajstić information content (AvgIpc) is 2.93. The van der Waals surface area contributed by atoms with Crippen LogP contribution in [0.2, 0.25) is 0 Å². The Morgan fingerprint density at radius 2 is 1.86 bits per heavy atom. The van der Waals surface area contributed by atoms with Crippen LogP contribution < -0.4 is 0 Å². The number of methoxy groups -OCH3 is 1. The van der Waals surface area contributed by atoms with Gasteiger partial charge in [-0.2, -0.15) is 0 Å². The molecule has 2 saturated heterocycles. The molecule has 2 heterocycles. The fourth-order valence-corrected chi connectivity index (χ4v) is 3.91. The molecule has 2 aliphatic rings. The molecular weight excluding hydrogens is 360 g/mol. The number of amides is 2. The number of hydrogen-bond acceptors (Lipinski definition) is 6. The van der Waals surface area contributed by atoms with Crippen LogP contribution in [0, 0.1) is 5.92 Å². The molecule has 7 nitrogen and oxygen atoms in total. The standard InChI is InChI=1S/C21H26N2O5/c1-13-17-15(19(25)27-5)11-16(22(17)12-14-9-7-6-8-10-14)18(24)23(13)20(26)28-21(2,3)4/h6-10,15-17H,1,11-12H2,2-5H3/t15-,16+,17+/m1/s1. The topological polar surface area (TPSA) is 76.2 Å². The lowest BCUT2D eigenvalue weighted by atomic mass is 9.98. The minimum absolute atomic E-state index is 0.249. The molecule has 1 aromatic carbocycles. The molecule has 0 N–H and O–H groups in total. The third-order valence-electron chi connectivity index (χ3n) is 5.04. The minimum Gasteiger partial charge on any atom is -0.469 e. The van der Waals surface area contributed by atoms with E-state index in [1.54, 1.807) is 20.8 Å². The Morgan fingerprint density at radius 1 is 1.21 bits per heavy atom. The van der Waals surface area contributed by atoms with Crippen molar-refractivity contribution in [3.63, 3.8) is 0 Å². The zero-order chi connectivity index (χ0) is 20.6. The molecule has 0 aliphatic carbocycles. The van der Waals surface area contributed by atoms with Crippen molar-refractivity contribution in [2.24, 2.45) is 5.92 Å². The Morgan fingerprint density at radius 3 is 2.43 bits per heavy atom. The molecule has 7 heteroatoms. The van der Waals surface area contributed by atoms with E-state index >= 15 is 0 Å². The lowest BCUT2D eigenvalue weighted by molar-refractivity contribution is -0.146. The predicted octanol–water partition coefficient (Wildman–Crippen LogP) is 2.71. The fourth-order valence-electron chi connectivity index (χ4n) is 3.91. The Hall–Kier alpha value is -2.67. The van der Waals surface area contributed by atoms with Gasteiger partial charge < -0.3 is 9.47 Å². The predicted molar refractivity (Wildman–Crippen MR) is 102 cm³/mol. The van der Waals surface area contributed by atoms with Gasteiger partial charge in [-0.05, 0) is 32.8 Å². The van der Waals surface area contributed by atoms with E-state index in [4.69, 9.17) is 9.47 Å². The van der Waals surface area contributed by atoms with Crippen LogP contribution in [0.15, 0.2) is 42.6 Å². The molecule has 150 valence electrons. The number of carbonyl (C=O) groups is 3. The summed E-state index contributed by atoms with van der Waals surface area (Å²) in [6.45, 7) is 9.65. The SMILES string of the molecule is C=C1[C@H]2[C@H](C(=O)OC)C[C@@H](C(=O)N1C(=O)OC(C)(C)C)N2Cc1ccccc1. The molecule has 0 spiro atoms. The summed E-state index contributed by atoms with van der Waals surface area (Å²) in [5, 5.41) is 0. The molecule has 2 amide bonds. The van der Waals surface area contributed by atoms with E-state index in [0.29, 0.717) is 6.54 Å². The highest BCUT2D eigenvalue weighted by atomic mass is 16.6. The van der Waals surface area contributed by atoms with E-state index in [1.807, 2.05) is 35.2 Å². The summed E-state index contributed by atoms with van der Waals surface area (Å²) < 4.78 is 10.3. The van der Waals surface area contributed by atoms with Crippen molar-refractivity contribution in [3.05, 3.63) is 48.2 Å². The van der Waals surface area contributed by atoms with Crippen LogP contribution in [0.3, 0.4) is 0 Å². The monoisotopic (exact) mass is 386 g/mol. The zero-order valence-corrected chi connectivity index (χ0v) is 16.7. The minimum atomic E-state index is -0.762. The van der Waals surface area contributed by atoms with Crippen molar-refractivity contribution in [1.82, 2.24) is 9.80 Å². The summed E-state index contributed by atoms with van der Waals surface area (Å²) in [6.07, 6.45) is -0.483. The molecule has 1 aromatic rings. The summed E-state index contributed by atoms with van der Waals surface area (Å²) in [5.74, 6) is -1.40. The van der Waals surface area contributed by atoms with Crippen LogP contribution in [-0.2, 0) is 25.6 Å². The third kappa shape index (κ3) is 3.67. The molecule has 3 atom stereocenters. The Kier molecular flexibility index (Phi) is 5.30. The van der Waals surface area contributed by atoms with Crippen LogP contribution >= 0.6 is 0 Å². The van der Waals surface area contributed by atoms with Crippen LogP contribution in [0.1, 0.15) is 32.8 Å². The number of carbonyl (C=O) groups excluding carboxylic acids is 3. The van der Waals surface area contributed by atoms with Crippen molar-refractivity contribution in [2.75, 3.05) is 7.11 Å². The molecule has 0 aromatic heterocycles. The first-order chi connectivity index (χ1) is 13.1. The van der Waals surface area contributed by atoms with E-state index in [-0.39, 0.29) is 12.1 Å². The summed E-state index contributed by atoms with van der Waals surface area (Å²) in [7, 11) is 1.32. The highest BCUT2D eigenvalue weighted by Crippen LogP contribution is 2.42. The maximum Gasteiger partial charge on any atom is 0.421 e. The molecule has 0 radical (unpaired) electrons. The highest BCUT2D eigenvalue weighted by Gasteiger charge is 2.57. The van der Waals surface area contributed by atoms with Gasteiger partial charge >= 0.3 is 12.1 Å². The second-order valence-electron chi connectivity index (χ2n) is 8.13. The van der Waals surface area contributed by atoms with E-state index in [9.17, 15) is 14.4 Å². The fraction of sp³-hybridized carbons (Fsp3) is 0.476. The number of rotatable bonds is 3. The maximum atomic E-state index is 13.1. The maximum absolute atomic E-state index is 13.1. The molecule has 2 bridgehead atoms. The van der Waals surface area contributed by atoms with Gasteiger partial charge in [0.15, 0.2) is 0 Å². The van der Waals surface area contributed by atoms with Crippen LogP contribution in [0.5, 0.6) is 0 Å². The summed E-state index contributed by atoms with van der Waals surface area (Å²) in [6, 6.07) is 8.54. The van der Waals surface area contributed by atoms with Crippen molar-refractivity contribution >= 4 is 18.0 Å². The average molecular weight is 386 g/mol. The third-order valence-corrected chi connectivity index (χ3v) is 5.04. The molecule has 2 aliphatic heterocycles. The summed E-state index contributed by atoms with van der Waals surface area (Å²) >= 11 is 0. The number of ether oxygens (including phenoxy) is 2. The van der Waals surface area contributed by atoms with Gasteiger partial charge in [0, 0.05) is 12.2 Å². The van der Waals surface area contributed by atoms with Crippen molar-refractivity contribution in [2.45, 2.75) is 51.4 Å². The van der Waals surface area contributed by atoms with Crippen molar-refractivity contribution in [3.8, 4) is 0 Å². The first-order valence-electron chi connectivity index (χ1n) is 9.27. The van der Waals surface area contributed by atoms with Gasteiger partial charge in [0.2, 0.25) is 0 Å². The summed E-state index contributed by atoms with van der Waals surface area (Å²) in [5.41, 5.74) is 0.508. The van der Waals surface area contributed by atoms with Crippen molar-refractivity contribution in [1.29, 1.82) is 0 Å². The first-order valence-corrected chi connectivity index (χ1v) is 9.27. The Balaban J connectivity index is 1.94. The molecular formula is C21H26N2O5. The van der Waals surface area contributed by atoms with Crippen LogP contribution in [0.25, 0.3) is 0 Å². The summed E-state index contributed by atoms with van der Waals surface area (Å²) in [4.78, 5) is 41.1. The van der Waals surface area contributed by atoms with Gasteiger partial charge in [-0.1, -0.05) is 36.9 Å². The molecule has 2 fully saturated rings. The van der Waals surface area contributed by atoms with Crippen molar-refractivity contribution < 1.29 is 23.9 Å². The number of esters is 1. The van der Waals surface area contributed by atoms with Gasteiger partial charge in [-0.3, -0.25) is 14.5 Å². The van der Waals surface area contributed by atoms with Gasteiger partial charge in [0.05, 0.1) is 25.1 Å². The zero-order valence-electron chi connectivity index (χ0n) is 16.7. The smallest absolute Gasteiger partial charge is 0.421 e. The van der Waals surface area contributed by atoms with E-state index in [0.717, 1.165) is 10.5 Å². The Bertz CT molecular complexity index is 799. The highest BCUT2D eigenvalue weighted by molar-refractivity contribution is 5.99. The van der Waals surface area contributed by atoms with Gasteiger partial charge in [-0.15, -0.1) is 0 Å². The van der Waals surface area contributed by atoms with Gasteiger partial charge in [0.25, 0.3) is 5.91 Å². The largest absolute Gasteiger partial charge is 0.469 e. The van der Waals surface area contributed by atoms with Crippen LogP contribution in [-0.4, -0.2) is 52.6 Å². The quantitative estimate of drug-likeness (QED) is 0.744. The first kappa shape index (κ1) is 20.1. The number of fused-ring (bicyclic) bond motifs is 2. The number of hydrogen-bond donors (Lipinski definition) is 0. The van der Waals surface area contributed by atoms with Gasteiger partial charge in [0.1, 0.15) is 5.60 Å². The molecule has 28 heavy (non-hydrogen) atoms. The second-order valence-corrected chi connectivity index (χ2v) is 8.13. The van der Waals surface area contributed by atoms with Crippen LogP contribution in [0.4, 0.5) is 4.79 Å². The number of nitrogens with zero attached hydrogens (tertiary/aromatic N) is 2.